The van der Waals surface area contributed by atoms with Crippen LogP contribution in [0.5, 0.6) is 0 Å². The van der Waals surface area contributed by atoms with Gasteiger partial charge in [-0.1, -0.05) is 13.8 Å². The van der Waals surface area contributed by atoms with Gasteiger partial charge in [-0.2, -0.15) is 0 Å². The van der Waals surface area contributed by atoms with E-state index in [-0.39, 0.29) is 0 Å². The van der Waals surface area contributed by atoms with Crippen LogP contribution in [0, 0.1) is 10.9 Å². The monoisotopic (exact) mass is 161 g/mol. The van der Waals surface area contributed by atoms with Gasteiger partial charge in [-0.25, -0.2) is 0 Å². The molecule has 0 saturated heterocycles. The number of H-pyrrole nitrogens is 1. The lowest BCUT2D eigenvalue weighted by Crippen LogP contribution is -1.62. The third-order valence-corrected chi connectivity index (χ3v) is 1.82. The van der Waals surface area contributed by atoms with Gasteiger partial charge in [-0.05, 0) is 19.1 Å². The second-order valence-electron chi connectivity index (χ2n) is 1.33. The highest BCUT2D eigenvalue weighted by Crippen LogP contribution is 2.00. The summed E-state index contributed by atoms with van der Waals surface area (Å²) in [4.78, 5) is 2.97. The molecule has 0 saturated carbocycles. The fourth-order valence-corrected chi connectivity index (χ4v) is 1.23. The minimum absolute atomic E-state index is 0.859. The molecule has 9 heavy (non-hydrogen) atoms. The zero-order valence-electron chi connectivity index (χ0n) is 5.89. The van der Waals surface area contributed by atoms with Gasteiger partial charge < -0.3 is 4.98 Å². The number of thiazole rings is 1. The third-order valence-electron chi connectivity index (χ3n) is 0.642. The third kappa shape index (κ3) is 3.43. The Morgan fingerprint density at radius 1 is 1.56 bits per heavy atom. The van der Waals surface area contributed by atoms with Crippen molar-refractivity contribution in [2.75, 3.05) is 0 Å². The van der Waals surface area contributed by atoms with E-state index in [2.05, 4.69) is 4.98 Å². The Hall–Kier alpha value is -0.150. The Morgan fingerprint density at radius 2 is 2.11 bits per heavy atom. The first-order chi connectivity index (χ1) is 4.29. The number of rotatable bonds is 0. The van der Waals surface area contributed by atoms with E-state index in [0.29, 0.717) is 0 Å². The quantitative estimate of drug-likeness (QED) is 0.578. The van der Waals surface area contributed by atoms with Gasteiger partial charge in [-0.15, -0.1) is 11.3 Å². The van der Waals surface area contributed by atoms with Crippen LogP contribution in [0.25, 0.3) is 0 Å². The number of aryl methyl sites for hydroxylation is 1. The normalized spacial score (nSPS) is 7.89. The van der Waals surface area contributed by atoms with Gasteiger partial charge in [0.25, 0.3) is 0 Å². The number of hydrogen-bond donors (Lipinski definition) is 1. The smallest absolute Gasteiger partial charge is 0.158 e. The van der Waals surface area contributed by atoms with Crippen molar-refractivity contribution < 1.29 is 0 Å². The van der Waals surface area contributed by atoms with Crippen molar-refractivity contribution in [2.45, 2.75) is 20.8 Å². The van der Waals surface area contributed by atoms with E-state index in [4.69, 9.17) is 12.2 Å². The summed E-state index contributed by atoms with van der Waals surface area (Å²) >= 11 is 6.36. The molecule has 1 N–H and O–H groups in total. The molecule has 0 aliphatic heterocycles. The fraction of sp³-hybridized carbons (Fsp3) is 0.500. The van der Waals surface area contributed by atoms with E-state index in [1.165, 1.54) is 0 Å². The summed E-state index contributed by atoms with van der Waals surface area (Å²) in [7, 11) is 0. The molecule has 1 nitrogen and oxygen atoms in total. The van der Waals surface area contributed by atoms with E-state index in [1.807, 2.05) is 26.2 Å². The molecule has 0 fully saturated rings. The molecule has 3 heteroatoms. The van der Waals surface area contributed by atoms with Crippen molar-refractivity contribution in [3.63, 3.8) is 0 Å². The Morgan fingerprint density at radius 3 is 2.22 bits per heavy atom. The molecule has 0 unspecified atom stereocenters. The van der Waals surface area contributed by atoms with E-state index < -0.39 is 0 Å². The molecule has 1 rings (SSSR count). The predicted molar refractivity (Wildman–Crippen MR) is 45.6 cm³/mol. The first-order valence-corrected chi connectivity index (χ1v) is 4.22. The number of hydrogen-bond acceptors (Lipinski definition) is 2. The van der Waals surface area contributed by atoms with Crippen molar-refractivity contribution >= 4 is 23.6 Å². The molecular weight excluding hydrogens is 150 g/mol. The van der Waals surface area contributed by atoms with Crippen LogP contribution in [-0.2, 0) is 0 Å². The maximum Gasteiger partial charge on any atom is 0.158 e. The molecule has 0 aliphatic rings. The summed E-state index contributed by atoms with van der Waals surface area (Å²) in [6.07, 6.45) is 0. The van der Waals surface area contributed by atoms with E-state index >= 15 is 0 Å². The van der Waals surface area contributed by atoms with Gasteiger partial charge in [0, 0.05) is 11.1 Å². The summed E-state index contributed by atoms with van der Waals surface area (Å²) in [6.45, 7) is 5.99. The minimum atomic E-state index is 0.859. The van der Waals surface area contributed by atoms with Gasteiger partial charge in [0.2, 0.25) is 0 Å². The highest BCUT2D eigenvalue weighted by atomic mass is 32.1. The Balaban J connectivity index is 0.000000291. The van der Waals surface area contributed by atoms with Crippen molar-refractivity contribution in [1.82, 2.24) is 4.98 Å². The Labute approximate surface area is 64.8 Å². The molecule has 0 radical (unpaired) electrons. The molecule has 1 aromatic rings. The zero-order chi connectivity index (χ0) is 7.28. The number of nitrogens with one attached hydrogen (secondary N) is 1. The minimum Gasteiger partial charge on any atom is -0.341 e. The lowest BCUT2D eigenvalue weighted by molar-refractivity contribution is 1.25. The highest BCUT2D eigenvalue weighted by molar-refractivity contribution is 7.73. The lowest BCUT2D eigenvalue weighted by atomic mass is 10.6. The summed E-state index contributed by atoms with van der Waals surface area (Å²) in [6, 6.07) is 0. The molecule has 0 bridgehead atoms. The molecule has 0 aliphatic carbocycles. The summed E-state index contributed by atoms with van der Waals surface area (Å²) in [5.41, 5.74) is 1.15. The van der Waals surface area contributed by atoms with Crippen molar-refractivity contribution in [1.29, 1.82) is 0 Å². The molecule has 1 aromatic heterocycles. The standard InChI is InChI=1S/C4H5NS2.C2H6/c1-3-2-7-4(6)5-3;1-2/h2H,1H3,(H,5,6);1-2H3. The Kier molecular flexibility index (Phi) is 4.62. The first kappa shape index (κ1) is 8.85. The predicted octanol–water partition coefficient (Wildman–Crippen LogP) is 3.14. The van der Waals surface area contributed by atoms with Crippen LogP contribution in [0.4, 0.5) is 0 Å². The van der Waals surface area contributed by atoms with Crippen LogP contribution in [0.2, 0.25) is 0 Å². The van der Waals surface area contributed by atoms with Gasteiger partial charge in [0.1, 0.15) is 0 Å². The second-order valence-corrected chi connectivity index (χ2v) is 2.88. The number of aromatic amines is 1. The van der Waals surface area contributed by atoms with Crippen LogP contribution >= 0.6 is 23.6 Å². The van der Waals surface area contributed by atoms with Crippen LogP contribution in [-0.4, -0.2) is 4.98 Å². The molecule has 0 aromatic carbocycles. The van der Waals surface area contributed by atoms with Crippen LogP contribution in [0.3, 0.4) is 0 Å². The maximum atomic E-state index is 4.80. The fourth-order valence-electron chi connectivity index (χ4n) is 0.362. The zero-order valence-corrected chi connectivity index (χ0v) is 7.53. The second kappa shape index (κ2) is 4.70. The van der Waals surface area contributed by atoms with E-state index in [9.17, 15) is 0 Å². The van der Waals surface area contributed by atoms with Gasteiger partial charge >= 0.3 is 0 Å². The molecule has 0 amide bonds. The van der Waals surface area contributed by atoms with Crippen LogP contribution in [0.1, 0.15) is 19.5 Å². The van der Waals surface area contributed by atoms with Gasteiger partial charge in [-0.3, -0.25) is 0 Å². The average molecular weight is 161 g/mol. The topological polar surface area (TPSA) is 15.8 Å². The molecule has 52 valence electrons. The summed E-state index contributed by atoms with van der Waals surface area (Å²) < 4.78 is 0.859. The van der Waals surface area contributed by atoms with Crippen molar-refractivity contribution in [3.05, 3.63) is 15.0 Å². The molecule has 0 spiro atoms. The lowest BCUT2D eigenvalue weighted by Gasteiger charge is -1.69. The summed E-state index contributed by atoms with van der Waals surface area (Å²) in [5, 5.41) is 2.00. The molecular formula is C6H11NS2. The number of aromatic nitrogens is 1. The van der Waals surface area contributed by atoms with Crippen LogP contribution in [0.15, 0.2) is 5.38 Å². The summed E-state index contributed by atoms with van der Waals surface area (Å²) in [5.74, 6) is 0. The largest absolute Gasteiger partial charge is 0.341 e. The van der Waals surface area contributed by atoms with E-state index in [0.717, 1.165) is 9.65 Å². The first-order valence-electron chi connectivity index (χ1n) is 2.93. The Bertz CT molecular complexity index is 199. The van der Waals surface area contributed by atoms with Crippen LogP contribution < -0.4 is 0 Å². The van der Waals surface area contributed by atoms with E-state index in [1.54, 1.807) is 11.3 Å². The van der Waals surface area contributed by atoms with Gasteiger partial charge in [0.05, 0.1) is 0 Å². The van der Waals surface area contributed by atoms with Crippen molar-refractivity contribution in [2.24, 2.45) is 0 Å². The average Bonchev–Trinajstić information content (AvgIpc) is 2.20. The highest BCUT2D eigenvalue weighted by Gasteiger charge is 1.79. The molecule has 0 atom stereocenters. The SMILES string of the molecule is CC.Cc1csc(=S)[nH]1. The van der Waals surface area contributed by atoms with Crippen molar-refractivity contribution in [3.8, 4) is 0 Å². The van der Waals surface area contributed by atoms with Gasteiger partial charge in [0.15, 0.2) is 3.95 Å². The molecule has 1 heterocycles. The maximum absolute atomic E-state index is 4.80.